The average Bonchev–Trinajstić information content (AvgIpc) is 3.09. The van der Waals surface area contributed by atoms with Crippen LogP contribution in [-0.4, -0.2) is 44.5 Å². The fourth-order valence-corrected chi connectivity index (χ4v) is 7.02. The molecule has 1 unspecified atom stereocenters. The van der Waals surface area contributed by atoms with E-state index < -0.39 is 5.41 Å². The lowest BCUT2D eigenvalue weighted by Crippen LogP contribution is -2.36. The lowest BCUT2D eigenvalue weighted by molar-refractivity contribution is 0.0838. The number of hydrogen-bond acceptors (Lipinski definition) is 5. The van der Waals surface area contributed by atoms with E-state index in [1.807, 2.05) is 12.1 Å². The van der Waals surface area contributed by atoms with Crippen LogP contribution in [0.4, 0.5) is 4.39 Å². The zero-order chi connectivity index (χ0) is 33.0. The summed E-state index contributed by atoms with van der Waals surface area (Å²) in [5.41, 5.74) is 1.15. The Bertz CT molecular complexity index is 1190. The van der Waals surface area contributed by atoms with Gasteiger partial charge in [0, 0.05) is 11.5 Å². The Labute approximate surface area is 278 Å². The van der Waals surface area contributed by atoms with E-state index in [2.05, 4.69) is 24.0 Å². The average molecular weight is 635 g/mol. The molecule has 0 aromatic heterocycles. The van der Waals surface area contributed by atoms with Crippen LogP contribution in [0.25, 0.3) is 0 Å². The number of rotatable bonds is 23. The van der Waals surface area contributed by atoms with Crippen molar-refractivity contribution in [3.63, 3.8) is 0 Å². The van der Waals surface area contributed by atoms with Crippen LogP contribution in [0.3, 0.4) is 0 Å². The topological polar surface area (TPSA) is 62.6 Å². The third kappa shape index (κ3) is 12.0. The Morgan fingerprint density at radius 2 is 1.35 bits per heavy atom. The third-order valence-electron chi connectivity index (χ3n) is 10.0. The highest BCUT2D eigenvalue weighted by Crippen LogP contribution is 2.39. The summed E-state index contributed by atoms with van der Waals surface area (Å²) in [6.07, 6.45) is 20.7. The molecule has 1 atom stereocenters. The molecule has 1 aliphatic rings. The van der Waals surface area contributed by atoms with Gasteiger partial charge in [-0.3, -0.25) is 4.79 Å². The van der Waals surface area contributed by atoms with E-state index in [1.54, 1.807) is 26.4 Å². The van der Waals surface area contributed by atoms with Gasteiger partial charge in [0.1, 0.15) is 5.82 Å². The number of carbonyl (C=O) groups is 1. The highest BCUT2D eigenvalue weighted by atomic mass is 19.1. The van der Waals surface area contributed by atoms with Gasteiger partial charge in [0.05, 0.1) is 25.7 Å². The molecule has 1 fully saturated rings. The van der Waals surface area contributed by atoms with Gasteiger partial charge in [-0.25, -0.2) is 4.39 Å². The molecule has 3 rings (SSSR count). The molecule has 254 valence electrons. The van der Waals surface area contributed by atoms with Gasteiger partial charge in [0.15, 0.2) is 17.3 Å². The number of benzene rings is 2. The molecule has 6 heteroatoms. The van der Waals surface area contributed by atoms with Crippen LogP contribution in [0, 0.1) is 23.1 Å². The second-order valence-corrected chi connectivity index (χ2v) is 13.3. The molecule has 0 amide bonds. The molecule has 0 radical (unpaired) electrons. The first-order valence-corrected chi connectivity index (χ1v) is 18.1. The number of ether oxygens (including phenoxy) is 2. The van der Waals surface area contributed by atoms with Crippen molar-refractivity contribution in [2.45, 2.75) is 128 Å². The highest BCUT2D eigenvalue weighted by Gasteiger charge is 2.32. The van der Waals surface area contributed by atoms with Gasteiger partial charge >= 0.3 is 0 Å². The van der Waals surface area contributed by atoms with Gasteiger partial charge < -0.3 is 14.4 Å². The first-order chi connectivity index (χ1) is 22.5. The van der Waals surface area contributed by atoms with Crippen LogP contribution in [-0.2, 0) is 5.41 Å². The summed E-state index contributed by atoms with van der Waals surface area (Å²) in [5, 5.41) is 10.6. The number of carbonyl (C=O) groups excluding carboxylic acids is 1. The van der Waals surface area contributed by atoms with E-state index >= 15 is 0 Å². The fraction of sp³-hybridized carbons (Fsp3) is 0.650. The molecular weight excluding hydrogens is 575 g/mol. The summed E-state index contributed by atoms with van der Waals surface area (Å²) in [4.78, 5) is 15.3. The molecule has 2 aromatic rings. The van der Waals surface area contributed by atoms with Gasteiger partial charge in [-0.15, -0.1) is 0 Å². The van der Waals surface area contributed by atoms with Gasteiger partial charge in [0.25, 0.3) is 0 Å². The second-order valence-electron chi connectivity index (χ2n) is 13.3. The van der Waals surface area contributed by atoms with Crippen LogP contribution >= 0.6 is 0 Å². The molecule has 0 spiro atoms. The minimum Gasteiger partial charge on any atom is -0.493 e. The minimum atomic E-state index is -0.515. The molecule has 0 bridgehead atoms. The van der Waals surface area contributed by atoms with Crippen LogP contribution < -0.4 is 9.47 Å². The van der Waals surface area contributed by atoms with Crippen molar-refractivity contribution < 1.29 is 18.7 Å². The summed E-state index contributed by atoms with van der Waals surface area (Å²) in [6.45, 7) is 5.19. The predicted molar refractivity (Wildman–Crippen MR) is 186 cm³/mol. The van der Waals surface area contributed by atoms with Crippen LogP contribution in [0.5, 0.6) is 11.5 Å². The number of nitrogens with zero attached hydrogens (tertiary/aromatic N) is 2. The Morgan fingerprint density at radius 3 is 1.89 bits per heavy atom. The van der Waals surface area contributed by atoms with Crippen molar-refractivity contribution >= 4 is 5.78 Å². The Morgan fingerprint density at radius 1 is 0.804 bits per heavy atom. The van der Waals surface area contributed by atoms with Crippen molar-refractivity contribution in [3.8, 4) is 17.6 Å². The van der Waals surface area contributed by atoms with Crippen LogP contribution in [0.15, 0.2) is 42.5 Å². The number of Topliss-reactive ketones (excluding diaryl/α,β-unsaturated/α-hetero) is 1. The van der Waals surface area contributed by atoms with Gasteiger partial charge in [-0.05, 0) is 93.7 Å². The van der Waals surface area contributed by atoms with E-state index in [1.165, 1.54) is 69.9 Å². The molecule has 1 aliphatic heterocycles. The number of ketones is 1. The number of nitriles is 1. The maximum Gasteiger partial charge on any atom is 0.166 e. The standard InChI is InChI=1S/C40H59FN2O3/c1-4-5-6-7-8-9-10-11-12-15-26-40(32-42,35-20-23-37(45-2)38(31-35)46-3)27-16-13-14-17-28-43-29-24-34(25-30-43)39(44)33-18-21-36(41)22-19-33/h18-23,31,34H,4-17,24-30H2,1-3H3. The SMILES string of the molecule is CCCCCCCCCCCCC(C#N)(CCCCCCN1CCC(C(=O)c2ccc(F)cc2)CC1)c1ccc(OC)c(OC)c1. The maximum absolute atomic E-state index is 13.2. The maximum atomic E-state index is 13.2. The highest BCUT2D eigenvalue weighted by molar-refractivity contribution is 5.97. The predicted octanol–water partition coefficient (Wildman–Crippen LogP) is 10.5. The van der Waals surface area contributed by atoms with Crippen molar-refractivity contribution in [3.05, 3.63) is 59.4 Å². The number of hydrogen-bond donors (Lipinski definition) is 0. The lowest BCUT2D eigenvalue weighted by atomic mass is 9.73. The first kappa shape index (κ1) is 37.5. The summed E-state index contributed by atoms with van der Waals surface area (Å²) in [6, 6.07) is 14.7. The number of halogens is 1. The van der Waals surface area contributed by atoms with E-state index in [4.69, 9.17) is 9.47 Å². The zero-order valence-electron chi connectivity index (χ0n) is 29.0. The monoisotopic (exact) mass is 634 g/mol. The summed E-state index contributed by atoms with van der Waals surface area (Å²) < 4.78 is 24.3. The number of methoxy groups -OCH3 is 2. The first-order valence-electron chi connectivity index (χ1n) is 18.1. The zero-order valence-corrected chi connectivity index (χ0v) is 29.0. The van der Waals surface area contributed by atoms with Crippen molar-refractivity contribution in [1.82, 2.24) is 4.90 Å². The Balaban J connectivity index is 1.43. The van der Waals surface area contributed by atoms with Gasteiger partial charge in [-0.1, -0.05) is 96.5 Å². The molecule has 2 aromatic carbocycles. The molecular formula is C40H59FN2O3. The Hall–Kier alpha value is -2.91. The van der Waals surface area contributed by atoms with Crippen molar-refractivity contribution in [2.24, 2.45) is 5.92 Å². The van der Waals surface area contributed by atoms with Gasteiger partial charge in [0.2, 0.25) is 0 Å². The van der Waals surface area contributed by atoms with E-state index in [0.717, 1.165) is 83.0 Å². The quantitative estimate of drug-likeness (QED) is 0.0899. The molecule has 1 saturated heterocycles. The molecule has 0 saturated carbocycles. The molecule has 5 nitrogen and oxygen atoms in total. The molecule has 46 heavy (non-hydrogen) atoms. The lowest BCUT2D eigenvalue weighted by Gasteiger charge is -2.31. The minimum absolute atomic E-state index is 0.0351. The number of likely N-dealkylation sites (tertiary alicyclic amines) is 1. The second kappa shape index (κ2) is 21.1. The fourth-order valence-electron chi connectivity index (χ4n) is 7.02. The largest absolute Gasteiger partial charge is 0.493 e. The number of unbranched alkanes of at least 4 members (excludes halogenated alkanes) is 12. The van der Waals surface area contributed by atoms with Gasteiger partial charge in [-0.2, -0.15) is 5.26 Å². The van der Waals surface area contributed by atoms with Crippen LogP contribution in [0.1, 0.15) is 138 Å². The third-order valence-corrected chi connectivity index (χ3v) is 10.0. The van der Waals surface area contributed by atoms with Crippen molar-refractivity contribution in [1.29, 1.82) is 5.26 Å². The molecule has 1 heterocycles. The summed E-state index contributed by atoms with van der Waals surface area (Å²) in [5.74, 6) is 1.26. The van der Waals surface area contributed by atoms with E-state index in [-0.39, 0.29) is 17.5 Å². The normalized spacial score (nSPS) is 15.3. The van der Waals surface area contributed by atoms with Crippen LogP contribution in [0.2, 0.25) is 0 Å². The molecule has 0 N–H and O–H groups in total. The van der Waals surface area contributed by atoms with E-state index in [0.29, 0.717) is 17.1 Å². The smallest absolute Gasteiger partial charge is 0.166 e. The summed E-state index contributed by atoms with van der Waals surface area (Å²) in [7, 11) is 3.30. The summed E-state index contributed by atoms with van der Waals surface area (Å²) >= 11 is 0. The number of piperidine rings is 1. The van der Waals surface area contributed by atoms with E-state index in [9.17, 15) is 14.4 Å². The molecule has 0 aliphatic carbocycles. The van der Waals surface area contributed by atoms with Crippen molar-refractivity contribution in [2.75, 3.05) is 33.9 Å². The Kier molecular flexibility index (Phi) is 17.2.